The topological polar surface area (TPSA) is 112 Å². The molecule has 2 N–H and O–H groups in total. The van der Waals surface area contributed by atoms with Crippen LogP contribution in [0.4, 0.5) is 9.59 Å². The molecule has 236 valence electrons. The molecule has 1 aromatic heterocycles. The highest BCUT2D eigenvalue weighted by Crippen LogP contribution is 2.27. The lowest BCUT2D eigenvalue weighted by molar-refractivity contribution is -0.123. The van der Waals surface area contributed by atoms with Crippen LogP contribution < -0.4 is 5.32 Å². The van der Waals surface area contributed by atoms with Gasteiger partial charge in [-0.15, -0.1) is 11.3 Å². The van der Waals surface area contributed by atoms with Gasteiger partial charge in [0.2, 0.25) is 0 Å². The summed E-state index contributed by atoms with van der Waals surface area (Å²) in [7, 11) is 1.72. The van der Waals surface area contributed by atoms with E-state index < -0.39 is 18.2 Å². The van der Waals surface area contributed by atoms with Crippen LogP contribution in [0, 0.1) is 5.92 Å². The normalized spacial score (nSPS) is 17.7. The van der Waals surface area contributed by atoms with Crippen molar-refractivity contribution in [2.24, 2.45) is 5.92 Å². The lowest BCUT2D eigenvalue weighted by Gasteiger charge is -2.31. The molecular weight excluding hydrogens is 576 g/mol. The summed E-state index contributed by atoms with van der Waals surface area (Å²) in [5, 5.41) is 13.5. The maximum atomic E-state index is 13.8. The summed E-state index contributed by atoms with van der Waals surface area (Å²) in [5.41, 5.74) is 3.92. The molecule has 0 saturated carbocycles. The number of alkyl carbamates (subject to hydrolysis) is 1. The Kier molecular flexibility index (Phi) is 12.3. The summed E-state index contributed by atoms with van der Waals surface area (Å²) in [6, 6.07) is 18.9. The van der Waals surface area contributed by atoms with Crippen LogP contribution in [0.1, 0.15) is 55.5 Å². The highest BCUT2D eigenvalue weighted by Gasteiger charge is 2.40. The molecule has 0 unspecified atom stereocenters. The van der Waals surface area contributed by atoms with E-state index in [-0.39, 0.29) is 55.8 Å². The van der Waals surface area contributed by atoms with Crippen LogP contribution in [0.25, 0.3) is 0 Å². The van der Waals surface area contributed by atoms with Crippen molar-refractivity contribution in [3.63, 3.8) is 0 Å². The monoisotopic (exact) mass is 620 g/mol. The average molecular weight is 621 g/mol. The van der Waals surface area contributed by atoms with E-state index >= 15 is 0 Å². The second kappa shape index (κ2) is 16.4. The molecule has 0 spiro atoms. The number of ether oxygens (including phenoxy) is 1. The van der Waals surface area contributed by atoms with Crippen LogP contribution in [0.3, 0.4) is 0 Å². The SMILES string of the molecule is CC(C)N(C)C(=O)N1C[C@H](O)C[C@H]1C(=O)C[C@@H](CC[C@@H](Cc1ccccc1)NC(=O)OCc1cncs1)Cc1ccccc1. The minimum atomic E-state index is -0.726. The van der Waals surface area contributed by atoms with Gasteiger partial charge in [-0.2, -0.15) is 0 Å². The van der Waals surface area contributed by atoms with E-state index in [1.165, 1.54) is 16.2 Å². The predicted molar refractivity (Wildman–Crippen MR) is 171 cm³/mol. The summed E-state index contributed by atoms with van der Waals surface area (Å²) in [6.45, 7) is 4.16. The van der Waals surface area contributed by atoms with Crippen molar-refractivity contribution in [2.45, 2.75) is 83.2 Å². The third-order valence-electron chi connectivity index (χ3n) is 8.23. The van der Waals surface area contributed by atoms with Crippen molar-refractivity contribution in [1.82, 2.24) is 20.1 Å². The van der Waals surface area contributed by atoms with Gasteiger partial charge in [-0.25, -0.2) is 9.59 Å². The average Bonchev–Trinajstić information content (AvgIpc) is 3.69. The van der Waals surface area contributed by atoms with Crippen molar-refractivity contribution in [3.8, 4) is 0 Å². The summed E-state index contributed by atoms with van der Waals surface area (Å²) in [4.78, 5) is 47.8. The lowest BCUT2D eigenvalue weighted by atomic mass is 9.86. The van der Waals surface area contributed by atoms with E-state index in [9.17, 15) is 19.5 Å². The van der Waals surface area contributed by atoms with Gasteiger partial charge in [0.05, 0.1) is 22.5 Å². The van der Waals surface area contributed by atoms with Gasteiger partial charge in [-0.1, -0.05) is 60.7 Å². The Labute approximate surface area is 264 Å². The minimum Gasteiger partial charge on any atom is -0.444 e. The summed E-state index contributed by atoms with van der Waals surface area (Å²) < 4.78 is 5.47. The zero-order valence-corrected chi connectivity index (χ0v) is 26.6. The highest BCUT2D eigenvalue weighted by molar-refractivity contribution is 7.09. The maximum absolute atomic E-state index is 13.8. The van der Waals surface area contributed by atoms with Gasteiger partial charge in [0, 0.05) is 44.7 Å². The maximum Gasteiger partial charge on any atom is 0.407 e. The van der Waals surface area contributed by atoms with Crippen molar-refractivity contribution < 1.29 is 24.2 Å². The molecule has 1 saturated heterocycles. The molecule has 4 atom stereocenters. The van der Waals surface area contributed by atoms with Gasteiger partial charge in [0.15, 0.2) is 5.78 Å². The van der Waals surface area contributed by atoms with Crippen LogP contribution in [0.15, 0.2) is 72.4 Å². The van der Waals surface area contributed by atoms with Crippen molar-refractivity contribution in [2.75, 3.05) is 13.6 Å². The Morgan fingerprint density at radius 1 is 1.05 bits per heavy atom. The van der Waals surface area contributed by atoms with E-state index in [0.717, 1.165) is 16.0 Å². The first-order chi connectivity index (χ1) is 21.2. The number of thiazole rings is 1. The molecular formula is C34H44N4O5S. The molecule has 44 heavy (non-hydrogen) atoms. The Hall–Kier alpha value is -3.76. The molecule has 3 aromatic rings. The first-order valence-corrected chi connectivity index (χ1v) is 16.2. The number of amides is 3. The highest BCUT2D eigenvalue weighted by atomic mass is 32.1. The Balaban J connectivity index is 1.46. The number of carbonyl (C=O) groups excluding carboxylic acids is 3. The number of rotatable bonds is 14. The Bertz CT molecular complexity index is 1320. The molecule has 1 fully saturated rings. The Morgan fingerprint density at radius 2 is 1.70 bits per heavy atom. The van der Waals surface area contributed by atoms with E-state index in [4.69, 9.17) is 4.74 Å². The zero-order valence-electron chi connectivity index (χ0n) is 25.8. The number of hydrogen-bond acceptors (Lipinski definition) is 7. The zero-order chi connectivity index (χ0) is 31.5. The van der Waals surface area contributed by atoms with Crippen LogP contribution in [0.2, 0.25) is 0 Å². The molecule has 2 aromatic carbocycles. The van der Waals surface area contributed by atoms with E-state index in [2.05, 4.69) is 22.4 Å². The third kappa shape index (κ3) is 9.89. The van der Waals surface area contributed by atoms with E-state index in [1.807, 2.05) is 62.4 Å². The number of β-amino-alcohol motifs (C(OH)–C–C–N with tert-alkyl or cyclic N) is 1. The van der Waals surface area contributed by atoms with Gasteiger partial charge in [0.1, 0.15) is 6.61 Å². The number of urea groups is 1. The second-order valence-electron chi connectivity index (χ2n) is 11.9. The molecule has 1 aliphatic heterocycles. The van der Waals surface area contributed by atoms with E-state index in [0.29, 0.717) is 25.7 Å². The molecule has 1 aliphatic rings. The first kappa shape index (κ1) is 33.1. The number of ketones is 1. The van der Waals surface area contributed by atoms with Gasteiger partial charge in [0.25, 0.3) is 0 Å². The fourth-order valence-corrected chi connectivity index (χ4v) is 6.12. The summed E-state index contributed by atoms with van der Waals surface area (Å²) in [6.07, 6.45) is 3.63. The number of Topliss-reactive ketones (excluding diaryl/α,β-unsaturated/α-hetero) is 1. The van der Waals surface area contributed by atoms with Crippen LogP contribution >= 0.6 is 11.3 Å². The minimum absolute atomic E-state index is 0.0179. The van der Waals surface area contributed by atoms with Gasteiger partial charge in [-0.3, -0.25) is 9.78 Å². The largest absolute Gasteiger partial charge is 0.444 e. The number of likely N-dealkylation sites (tertiary alicyclic amines) is 1. The predicted octanol–water partition coefficient (Wildman–Crippen LogP) is 5.47. The number of carbonyl (C=O) groups is 3. The molecule has 2 heterocycles. The van der Waals surface area contributed by atoms with Crippen LogP contribution in [0.5, 0.6) is 0 Å². The number of aromatic nitrogens is 1. The van der Waals surface area contributed by atoms with Crippen molar-refractivity contribution >= 4 is 29.2 Å². The van der Waals surface area contributed by atoms with Crippen LogP contribution in [-0.2, 0) is 29.0 Å². The van der Waals surface area contributed by atoms with Gasteiger partial charge in [-0.05, 0) is 56.6 Å². The van der Waals surface area contributed by atoms with Gasteiger partial charge >= 0.3 is 12.1 Å². The third-order valence-corrected chi connectivity index (χ3v) is 8.98. The first-order valence-electron chi connectivity index (χ1n) is 15.3. The molecule has 9 nitrogen and oxygen atoms in total. The smallest absolute Gasteiger partial charge is 0.407 e. The van der Waals surface area contributed by atoms with Crippen LogP contribution in [-0.4, -0.2) is 75.6 Å². The summed E-state index contributed by atoms with van der Waals surface area (Å²) >= 11 is 1.43. The van der Waals surface area contributed by atoms with Crippen molar-refractivity contribution in [3.05, 3.63) is 88.4 Å². The molecule has 0 bridgehead atoms. The molecule has 3 amide bonds. The number of aliphatic hydroxyl groups is 1. The molecule has 0 radical (unpaired) electrons. The number of benzene rings is 2. The van der Waals surface area contributed by atoms with Crippen molar-refractivity contribution in [1.29, 1.82) is 0 Å². The Morgan fingerprint density at radius 3 is 2.32 bits per heavy atom. The number of nitrogens with zero attached hydrogens (tertiary/aromatic N) is 3. The quantitative estimate of drug-likeness (QED) is 0.247. The summed E-state index contributed by atoms with van der Waals surface area (Å²) in [5.74, 6) is -0.0553. The second-order valence-corrected chi connectivity index (χ2v) is 12.9. The fraction of sp³-hybridized carbons (Fsp3) is 0.471. The molecule has 0 aliphatic carbocycles. The number of hydrogen-bond donors (Lipinski definition) is 2. The molecule has 4 rings (SSSR count). The van der Waals surface area contributed by atoms with E-state index in [1.54, 1.807) is 23.7 Å². The number of aliphatic hydroxyl groups excluding tert-OH is 1. The van der Waals surface area contributed by atoms with Gasteiger partial charge < -0.3 is 25.0 Å². The lowest BCUT2D eigenvalue weighted by Crippen LogP contribution is -2.49. The molecule has 10 heteroatoms. The standard InChI is InChI=1S/C34H44N4O5S/c1-24(2)37(3)34(42)38-21-29(39)19-31(38)32(40)18-27(16-25-10-6-4-7-11-25)14-15-28(17-26-12-8-5-9-13-26)36-33(41)43-22-30-20-35-23-44-30/h4-13,20,23-24,27-29,31,39H,14-19,21-22H2,1-3H3,(H,36,41)/t27-,28-,29+,31-/m0/s1. The fourth-order valence-electron chi connectivity index (χ4n) is 5.62. The number of nitrogens with one attached hydrogen (secondary N) is 1.